The minimum atomic E-state index is -0.205. The molecule has 5 heteroatoms. The standard InChI is InChI=1S/C21H15ClN2O2/c1-13-2-4-15(5-3-13)21-24-18-12-17(10-11-19(18)26-21)23-20(25)14-6-8-16(22)9-7-14/h2-12H,1H3,(H,23,25). The van der Waals surface area contributed by atoms with Crippen molar-refractivity contribution in [1.29, 1.82) is 0 Å². The number of benzene rings is 3. The van der Waals surface area contributed by atoms with Gasteiger partial charge in [-0.15, -0.1) is 0 Å². The number of hydrogen-bond acceptors (Lipinski definition) is 3. The number of hydrogen-bond donors (Lipinski definition) is 1. The van der Waals surface area contributed by atoms with Gasteiger partial charge in [0.05, 0.1) is 0 Å². The summed E-state index contributed by atoms with van der Waals surface area (Å²) in [5.41, 5.74) is 4.64. The van der Waals surface area contributed by atoms with Crippen LogP contribution in [-0.2, 0) is 0 Å². The first-order valence-corrected chi connectivity index (χ1v) is 8.51. The molecule has 1 amide bonds. The van der Waals surface area contributed by atoms with Crippen molar-refractivity contribution in [2.24, 2.45) is 0 Å². The van der Waals surface area contributed by atoms with Crippen LogP contribution in [-0.4, -0.2) is 10.9 Å². The Morgan fingerprint density at radius 2 is 1.73 bits per heavy atom. The number of fused-ring (bicyclic) bond motifs is 1. The van der Waals surface area contributed by atoms with Gasteiger partial charge in [-0.2, -0.15) is 0 Å². The van der Waals surface area contributed by atoms with Crippen LogP contribution in [0.1, 0.15) is 15.9 Å². The number of rotatable bonds is 3. The molecule has 1 aromatic heterocycles. The second kappa shape index (κ2) is 6.65. The first-order chi connectivity index (χ1) is 12.6. The number of nitrogens with one attached hydrogen (secondary N) is 1. The molecule has 0 atom stereocenters. The molecule has 0 saturated carbocycles. The molecule has 0 bridgehead atoms. The lowest BCUT2D eigenvalue weighted by Crippen LogP contribution is -2.11. The van der Waals surface area contributed by atoms with Crippen LogP contribution in [0.5, 0.6) is 0 Å². The lowest BCUT2D eigenvalue weighted by molar-refractivity contribution is 0.102. The zero-order valence-electron chi connectivity index (χ0n) is 14.0. The molecular weight excluding hydrogens is 348 g/mol. The predicted molar refractivity (Wildman–Crippen MR) is 104 cm³/mol. The molecule has 4 rings (SSSR count). The molecule has 26 heavy (non-hydrogen) atoms. The number of anilines is 1. The molecule has 0 spiro atoms. The molecule has 0 saturated heterocycles. The van der Waals surface area contributed by atoms with Crippen LogP contribution in [0, 0.1) is 6.92 Å². The van der Waals surface area contributed by atoms with Gasteiger partial charge < -0.3 is 9.73 Å². The summed E-state index contributed by atoms with van der Waals surface area (Å²) in [5.74, 6) is 0.351. The molecule has 0 aliphatic heterocycles. The number of halogens is 1. The van der Waals surface area contributed by atoms with Crippen molar-refractivity contribution in [2.45, 2.75) is 6.92 Å². The fourth-order valence-corrected chi connectivity index (χ4v) is 2.76. The quantitative estimate of drug-likeness (QED) is 0.508. The van der Waals surface area contributed by atoms with E-state index in [1.165, 1.54) is 5.56 Å². The SMILES string of the molecule is Cc1ccc(-c2nc3cc(NC(=O)c4ccc(Cl)cc4)ccc3o2)cc1. The maximum Gasteiger partial charge on any atom is 0.255 e. The summed E-state index contributed by atoms with van der Waals surface area (Å²) >= 11 is 5.85. The Morgan fingerprint density at radius 3 is 2.46 bits per heavy atom. The van der Waals surface area contributed by atoms with Gasteiger partial charge in [-0.1, -0.05) is 29.3 Å². The molecule has 128 valence electrons. The van der Waals surface area contributed by atoms with Crippen LogP contribution < -0.4 is 5.32 Å². The number of nitrogens with zero attached hydrogens (tertiary/aromatic N) is 1. The minimum absolute atomic E-state index is 0.205. The first-order valence-electron chi connectivity index (χ1n) is 8.13. The zero-order chi connectivity index (χ0) is 18.1. The fraction of sp³-hybridized carbons (Fsp3) is 0.0476. The van der Waals surface area contributed by atoms with Crippen LogP contribution >= 0.6 is 11.6 Å². The highest BCUT2D eigenvalue weighted by atomic mass is 35.5. The Kier molecular flexibility index (Phi) is 4.19. The van der Waals surface area contributed by atoms with Gasteiger partial charge >= 0.3 is 0 Å². The number of carbonyl (C=O) groups excluding carboxylic acids is 1. The van der Waals surface area contributed by atoms with Gasteiger partial charge in [0.15, 0.2) is 5.58 Å². The van der Waals surface area contributed by atoms with E-state index in [4.69, 9.17) is 16.0 Å². The zero-order valence-corrected chi connectivity index (χ0v) is 14.7. The first kappa shape index (κ1) is 16.4. The largest absolute Gasteiger partial charge is 0.436 e. The summed E-state index contributed by atoms with van der Waals surface area (Å²) in [6.07, 6.45) is 0. The number of aromatic nitrogens is 1. The average molecular weight is 363 g/mol. The summed E-state index contributed by atoms with van der Waals surface area (Å²) in [4.78, 5) is 16.9. The van der Waals surface area contributed by atoms with Crippen molar-refractivity contribution in [3.05, 3.63) is 82.9 Å². The van der Waals surface area contributed by atoms with Gasteiger partial charge in [0.25, 0.3) is 5.91 Å². The van der Waals surface area contributed by atoms with Gasteiger partial charge in [0, 0.05) is 21.8 Å². The lowest BCUT2D eigenvalue weighted by Gasteiger charge is -2.05. The monoisotopic (exact) mass is 362 g/mol. The predicted octanol–water partition coefficient (Wildman–Crippen LogP) is 5.71. The Balaban J connectivity index is 1.60. The molecule has 0 unspecified atom stereocenters. The van der Waals surface area contributed by atoms with Crippen LogP contribution in [0.2, 0.25) is 5.02 Å². The third-order valence-electron chi connectivity index (χ3n) is 4.05. The highest BCUT2D eigenvalue weighted by Crippen LogP contribution is 2.26. The molecule has 4 aromatic rings. The number of aryl methyl sites for hydroxylation is 1. The van der Waals surface area contributed by atoms with E-state index in [0.717, 1.165) is 5.56 Å². The van der Waals surface area contributed by atoms with Gasteiger partial charge in [-0.3, -0.25) is 4.79 Å². The van der Waals surface area contributed by atoms with Gasteiger partial charge in [0.2, 0.25) is 5.89 Å². The van der Waals surface area contributed by atoms with E-state index in [1.807, 2.05) is 31.2 Å². The molecule has 0 aliphatic rings. The van der Waals surface area contributed by atoms with Crippen LogP contribution in [0.25, 0.3) is 22.6 Å². The lowest BCUT2D eigenvalue weighted by atomic mass is 10.1. The van der Waals surface area contributed by atoms with E-state index >= 15 is 0 Å². The molecular formula is C21H15ClN2O2. The summed E-state index contributed by atoms with van der Waals surface area (Å²) in [7, 11) is 0. The van der Waals surface area contributed by atoms with Crippen LogP contribution in [0.15, 0.2) is 71.1 Å². The van der Waals surface area contributed by atoms with E-state index in [9.17, 15) is 4.79 Å². The van der Waals surface area contributed by atoms with Gasteiger partial charge in [0.1, 0.15) is 5.52 Å². The second-order valence-electron chi connectivity index (χ2n) is 6.03. The molecule has 3 aromatic carbocycles. The minimum Gasteiger partial charge on any atom is -0.436 e. The summed E-state index contributed by atoms with van der Waals surface area (Å²) in [5, 5.41) is 3.45. The fourth-order valence-electron chi connectivity index (χ4n) is 2.63. The summed E-state index contributed by atoms with van der Waals surface area (Å²) in [6.45, 7) is 2.03. The van der Waals surface area contributed by atoms with Crippen molar-refractivity contribution in [1.82, 2.24) is 4.98 Å². The molecule has 1 heterocycles. The van der Waals surface area contributed by atoms with Crippen molar-refractivity contribution in [3.8, 4) is 11.5 Å². The van der Waals surface area contributed by atoms with Crippen LogP contribution in [0.3, 0.4) is 0 Å². The smallest absolute Gasteiger partial charge is 0.255 e. The average Bonchev–Trinajstić information content (AvgIpc) is 3.06. The van der Waals surface area contributed by atoms with Crippen molar-refractivity contribution in [3.63, 3.8) is 0 Å². The van der Waals surface area contributed by atoms with E-state index < -0.39 is 0 Å². The third kappa shape index (κ3) is 3.32. The van der Waals surface area contributed by atoms with E-state index in [0.29, 0.717) is 33.3 Å². The van der Waals surface area contributed by atoms with Crippen molar-refractivity contribution < 1.29 is 9.21 Å². The molecule has 0 fully saturated rings. The van der Waals surface area contributed by atoms with Crippen molar-refractivity contribution >= 4 is 34.3 Å². The maximum absolute atomic E-state index is 12.3. The molecule has 1 N–H and O–H groups in total. The van der Waals surface area contributed by atoms with E-state index in [1.54, 1.807) is 42.5 Å². The molecule has 4 nitrogen and oxygen atoms in total. The Bertz CT molecular complexity index is 1080. The van der Waals surface area contributed by atoms with Gasteiger partial charge in [-0.25, -0.2) is 4.98 Å². The highest BCUT2D eigenvalue weighted by Gasteiger charge is 2.11. The van der Waals surface area contributed by atoms with Gasteiger partial charge in [-0.05, 0) is 61.5 Å². The van der Waals surface area contributed by atoms with E-state index in [2.05, 4.69) is 10.3 Å². The molecule has 0 aliphatic carbocycles. The van der Waals surface area contributed by atoms with E-state index in [-0.39, 0.29) is 5.91 Å². The topological polar surface area (TPSA) is 55.1 Å². The third-order valence-corrected chi connectivity index (χ3v) is 4.30. The Morgan fingerprint density at radius 1 is 1.00 bits per heavy atom. The Labute approximate surface area is 155 Å². The Hall–Kier alpha value is -3.11. The van der Waals surface area contributed by atoms with Crippen molar-refractivity contribution in [2.75, 3.05) is 5.32 Å². The summed E-state index contributed by atoms with van der Waals surface area (Å²) < 4.78 is 5.81. The van der Waals surface area contributed by atoms with Crippen LogP contribution in [0.4, 0.5) is 5.69 Å². The number of amides is 1. The highest BCUT2D eigenvalue weighted by molar-refractivity contribution is 6.30. The normalized spacial score (nSPS) is 10.8. The molecule has 0 radical (unpaired) electrons. The number of carbonyl (C=O) groups is 1. The summed E-state index contributed by atoms with van der Waals surface area (Å²) in [6, 6.07) is 20.1. The maximum atomic E-state index is 12.3. The number of oxazole rings is 1. The second-order valence-corrected chi connectivity index (χ2v) is 6.47.